The van der Waals surface area contributed by atoms with Crippen LogP contribution in [0.1, 0.15) is 23.7 Å². The minimum Gasteiger partial charge on any atom is -0.462 e. The standard InChI is InChI=1S/C18H17NO4/c1-2-23-18(22)10-5-7-13(8-6-10)19-16(20)14-11-3-4-12(9-11)15(14)17(19)21/h3-8,11-12,14-15H,2,9H2,1H3/t11-,12+,14-,15-/m0/s1. The first-order chi connectivity index (χ1) is 11.1. The van der Waals surface area contributed by atoms with Crippen LogP contribution in [0.2, 0.25) is 0 Å². The third-order valence-electron chi connectivity index (χ3n) is 5.11. The van der Waals surface area contributed by atoms with Crippen molar-refractivity contribution in [2.45, 2.75) is 13.3 Å². The van der Waals surface area contributed by atoms with Gasteiger partial charge in [0, 0.05) is 0 Å². The summed E-state index contributed by atoms with van der Waals surface area (Å²) in [4.78, 5) is 38.3. The SMILES string of the molecule is CCOC(=O)c1ccc(N2C(=O)[C@@H]3[C@@H](C2=O)[C@H]2C=C[C@@H]3C2)cc1. The molecule has 1 heterocycles. The zero-order chi connectivity index (χ0) is 16.1. The Morgan fingerprint density at radius 3 is 2.17 bits per heavy atom. The van der Waals surface area contributed by atoms with E-state index >= 15 is 0 Å². The minimum absolute atomic E-state index is 0.110. The van der Waals surface area contributed by atoms with Gasteiger partial charge in [-0.15, -0.1) is 0 Å². The van der Waals surface area contributed by atoms with E-state index in [0.29, 0.717) is 17.9 Å². The Bertz CT molecular complexity index is 691. The van der Waals surface area contributed by atoms with E-state index in [1.807, 2.05) is 0 Å². The van der Waals surface area contributed by atoms with Crippen molar-refractivity contribution in [1.29, 1.82) is 0 Å². The highest BCUT2D eigenvalue weighted by Crippen LogP contribution is 2.53. The lowest BCUT2D eigenvalue weighted by Gasteiger charge is -2.17. The molecule has 4 atom stereocenters. The number of imide groups is 1. The second-order valence-corrected chi connectivity index (χ2v) is 6.28. The van der Waals surface area contributed by atoms with E-state index in [0.717, 1.165) is 6.42 Å². The molecule has 5 heteroatoms. The largest absolute Gasteiger partial charge is 0.462 e. The number of amides is 2. The Balaban J connectivity index is 1.61. The molecule has 2 aliphatic carbocycles. The monoisotopic (exact) mass is 311 g/mol. The Morgan fingerprint density at radius 1 is 1.09 bits per heavy atom. The van der Waals surface area contributed by atoms with E-state index in [1.54, 1.807) is 31.2 Å². The van der Waals surface area contributed by atoms with Crippen LogP contribution in [-0.2, 0) is 14.3 Å². The number of carbonyl (C=O) groups is 3. The molecule has 1 aromatic carbocycles. The van der Waals surface area contributed by atoms with Crippen LogP contribution in [0.25, 0.3) is 0 Å². The van der Waals surface area contributed by atoms with Crippen molar-refractivity contribution >= 4 is 23.5 Å². The summed E-state index contributed by atoms with van der Waals surface area (Å²) in [6.07, 6.45) is 5.07. The molecule has 1 saturated heterocycles. The number of rotatable bonds is 3. The molecule has 2 amide bonds. The quantitative estimate of drug-likeness (QED) is 0.487. The number of allylic oxidation sites excluding steroid dienone is 2. The molecule has 2 bridgehead atoms. The van der Waals surface area contributed by atoms with Crippen LogP contribution in [-0.4, -0.2) is 24.4 Å². The molecule has 1 aromatic rings. The lowest BCUT2D eigenvalue weighted by molar-refractivity contribution is -0.123. The highest BCUT2D eigenvalue weighted by molar-refractivity contribution is 6.22. The van der Waals surface area contributed by atoms with Crippen LogP contribution in [0.4, 0.5) is 5.69 Å². The Hall–Kier alpha value is -2.43. The maximum atomic E-state index is 12.7. The second kappa shape index (κ2) is 5.05. The molecule has 5 nitrogen and oxygen atoms in total. The van der Waals surface area contributed by atoms with Crippen molar-refractivity contribution in [3.63, 3.8) is 0 Å². The Kier molecular flexibility index (Phi) is 3.11. The van der Waals surface area contributed by atoms with E-state index in [4.69, 9.17) is 4.74 Å². The molecule has 0 radical (unpaired) electrons. The van der Waals surface area contributed by atoms with Crippen molar-refractivity contribution in [1.82, 2.24) is 0 Å². The summed E-state index contributed by atoms with van der Waals surface area (Å²) in [5, 5.41) is 0. The number of fused-ring (bicyclic) bond motifs is 5. The number of ether oxygens (including phenoxy) is 1. The molecule has 0 aromatic heterocycles. The third-order valence-corrected chi connectivity index (χ3v) is 5.11. The normalized spacial score (nSPS) is 30.9. The fourth-order valence-corrected chi connectivity index (χ4v) is 4.12. The molecule has 4 rings (SSSR count). The number of hydrogen-bond donors (Lipinski definition) is 0. The van der Waals surface area contributed by atoms with Gasteiger partial charge in [0.1, 0.15) is 0 Å². The molecule has 0 unspecified atom stereocenters. The summed E-state index contributed by atoms with van der Waals surface area (Å²) in [7, 11) is 0. The van der Waals surface area contributed by atoms with Gasteiger partial charge in [-0.3, -0.25) is 14.5 Å². The molecule has 0 N–H and O–H groups in total. The van der Waals surface area contributed by atoms with E-state index in [9.17, 15) is 14.4 Å². The lowest BCUT2D eigenvalue weighted by Crippen LogP contribution is -2.32. The Labute approximate surface area is 133 Å². The summed E-state index contributed by atoms with van der Waals surface area (Å²) in [6.45, 7) is 2.05. The second-order valence-electron chi connectivity index (χ2n) is 6.28. The minimum atomic E-state index is -0.405. The topological polar surface area (TPSA) is 63.7 Å². The molecule has 1 saturated carbocycles. The van der Waals surface area contributed by atoms with E-state index in [-0.39, 0.29) is 35.5 Å². The molecule has 3 aliphatic rings. The first-order valence-electron chi connectivity index (χ1n) is 7.95. The number of hydrogen-bond acceptors (Lipinski definition) is 4. The molecular formula is C18H17NO4. The van der Waals surface area contributed by atoms with Gasteiger partial charge in [0.2, 0.25) is 11.8 Å². The first-order valence-corrected chi connectivity index (χ1v) is 7.95. The summed E-state index contributed by atoms with van der Waals surface area (Å²) in [6, 6.07) is 6.46. The summed E-state index contributed by atoms with van der Waals surface area (Å²) >= 11 is 0. The molecule has 23 heavy (non-hydrogen) atoms. The van der Waals surface area contributed by atoms with Gasteiger partial charge in [0.15, 0.2) is 0 Å². The van der Waals surface area contributed by atoms with Crippen molar-refractivity contribution in [3.8, 4) is 0 Å². The maximum Gasteiger partial charge on any atom is 0.338 e. The zero-order valence-corrected chi connectivity index (χ0v) is 12.8. The van der Waals surface area contributed by atoms with Crippen LogP contribution in [0, 0.1) is 23.7 Å². The van der Waals surface area contributed by atoms with Crippen LogP contribution >= 0.6 is 0 Å². The first kappa shape index (κ1) is 14.2. The number of benzene rings is 1. The average molecular weight is 311 g/mol. The molecule has 1 aliphatic heterocycles. The predicted octanol–water partition coefficient (Wildman–Crippen LogP) is 2.17. The van der Waals surface area contributed by atoms with Crippen LogP contribution in [0.5, 0.6) is 0 Å². The van der Waals surface area contributed by atoms with Crippen LogP contribution < -0.4 is 4.90 Å². The van der Waals surface area contributed by atoms with Gasteiger partial charge in [-0.05, 0) is 49.4 Å². The van der Waals surface area contributed by atoms with Crippen molar-refractivity contribution in [2.75, 3.05) is 11.5 Å². The van der Waals surface area contributed by atoms with Crippen molar-refractivity contribution in [3.05, 3.63) is 42.0 Å². The van der Waals surface area contributed by atoms with Gasteiger partial charge in [-0.25, -0.2) is 4.79 Å². The summed E-state index contributed by atoms with van der Waals surface area (Å²) in [5.41, 5.74) is 0.943. The molecular weight excluding hydrogens is 294 g/mol. The fraction of sp³-hybridized carbons (Fsp3) is 0.389. The zero-order valence-electron chi connectivity index (χ0n) is 12.8. The number of esters is 1. The Morgan fingerprint density at radius 2 is 1.65 bits per heavy atom. The molecule has 0 spiro atoms. The molecule has 2 fully saturated rings. The third kappa shape index (κ3) is 1.96. The van der Waals surface area contributed by atoms with Gasteiger partial charge in [0.25, 0.3) is 0 Å². The number of nitrogens with zero attached hydrogens (tertiary/aromatic N) is 1. The molecule has 118 valence electrons. The predicted molar refractivity (Wildman–Crippen MR) is 82.6 cm³/mol. The summed E-state index contributed by atoms with van der Waals surface area (Å²) in [5.74, 6) is -0.640. The average Bonchev–Trinajstić information content (AvgIpc) is 3.22. The van der Waals surface area contributed by atoms with E-state index in [1.165, 1.54) is 4.90 Å². The van der Waals surface area contributed by atoms with Crippen molar-refractivity contribution in [2.24, 2.45) is 23.7 Å². The van der Waals surface area contributed by atoms with Crippen LogP contribution in [0.15, 0.2) is 36.4 Å². The van der Waals surface area contributed by atoms with Crippen LogP contribution in [0.3, 0.4) is 0 Å². The van der Waals surface area contributed by atoms with Gasteiger partial charge in [0.05, 0.1) is 29.7 Å². The van der Waals surface area contributed by atoms with Crippen molar-refractivity contribution < 1.29 is 19.1 Å². The highest BCUT2D eigenvalue weighted by Gasteiger charge is 2.59. The van der Waals surface area contributed by atoms with E-state index < -0.39 is 5.97 Å². The van der Waals surface area contributed by atoms with Gasteiger partial charge in [-0.2, -0.15) is 0 Å². The number of anilines is 1. The summed E-state index contributed by atoms with van der Waals surface area (Å²) < 4.78 is 4.94. The van der Waals surface area contributed by atoms with E-state index in [2.05, 4.69) is 12.2 Å². The highest BCUT2D eigenvalue weighted by atomic mass is 16.5. The van der Waals surface area contributed by atoms with Gasteiger partial charge in [-0.1, -0.05) is 12.2 Å². The van der Waals surface area contributed by atoms with Gasteiger partial charge >= 0.3 is 5.97 Å². The van der Waals surface area contributed by atoms with Gasteiger partial charge < -0.3 is 4.74 Å². The smallest absolute Gasteiger partial charge is 0.338 e. The maximum absolute atomic E-state index is 12.7. The fourth-order valence-electron chi connectivity index (χ4n) is 4.12. The number of carbonyl (C=O) groups excluding carboxylic acids is 3. The lowest BCUT2D eigenvalue weighted by atomic mass is 9.85.